The topological polar surface area (TPSA) is 78.4 Å². The average molecular weight is 559 g/mol. The van der Waals surface area contributed by atoms with Crippen LogP contribution in [0.1, 0.15) is 38.3 Å². The highest BCUT2D eigenvalue weighted by Crippen LogP contribution is 2.24. The Bertz CT molecular complexity index is 725. The SMILES string of the molecule is CCNC(=NCC(c1ccc(OC)cc1)N1CCOCC1)NC1CCN(C(=O)CC)C1.I. The lowest BCUT2D eigenvalue weighted by Gasteiger charge is -2.34. The minimum Gasteiger partial charge on any atom is -0.497 e. The fourth-order valence-electron chi connectivity index (χ4n) is 4.17. The number of rotatable bonds is 8. The number of carbonyl (C=O) groups excluding carboxylic acids is 1. The van der Waals surface area contributed by atoms with E-state index in [1.165, 1.54) is 5.56 Å². The van der Waals surface area contributed by atoms with E-state index in [2.05, 4.69) is 34.6 Å². The van der Waals surface area contributed by atoms with Gasteiger partial charge in [-0.1, -0.05) is 19.1 Å². The number of methoxy groups -OCH3 is 1. The van der Waals surface area contributed by atoms with Crippen molar-refractivity contribution < 1.29 is 14.3 Å². The van der Waals surface area contributed by atoms with Crippen molar-refractivity contribution in [1.82, 2.24) is 20.4 Å². The molecular formula is C23H38IN5O3. The maximum atomic E-state index is 12.0. The smallest absolute Gasteiger partial charge is 0.222 e. The Labute approximate surface area is 209 Å². The maximum Gasteiger partial charge on any atom is 0.222 e. The predicted molar refractivity (Wildman–Crippen MR) is 138 cm³/mol. The molecule has 2 unspecified atom stereocenters. The number of nitrogens with zero attached hydrogens (tertiary/aromatic N) is 3. The number of carbonyl (C=O) groups is 1. The van der Waals surface area contributed by atoms with Crippen molar-refractivity contribution in [3.05, 3.63) is 29.8 Å². The monoisotopic (exact) mass is 559 g/mol. The zero-order valence-corrected chi connectivity index (χ0v) is 21.8. The molecule has 9 heteroatoms. The highest BCUT2D eigenvalue weighted by atomic mass is 127. The lowest BCUT2D eigenvalue weighted by molar-refractivity contribution is -0.129. The summed E-state index contributed by atoms with van der Waals surface area (Å²) >= 11 is 0. The highest BCUT2D eigenvalue weighted by Gasteiger charge is 2.26. The minimum absolute atomic E-state index is 0. The fraction of sp³-hybridized carbons (Fsp3) is 0.652. The number of amides is 1. The molecule has 180 valence electrons. The van der Waals surface area contributed by atoms with E-state index >= 15 is 0 Å². The largest absolute Gasteiger partial charge is 0.497 e. The number of likely N-dealkylation sites (tertiary alicyclic amines) is 1. The van der Waals surface area contributed by atoms with E-state index < -0.39 is 0 Å². The van der Waals surface area contributed by atoms with Gasteiger partial charge in [0.1, 0.15) is 5.75 Å². The normalized spacial score (nSPS) is 20.4. The van der Waals surface area contributed by atoms with Crippen LogP contribution in [0.4, 0.5) is 0 Å². The Morgan fingerprint density at radius 1 is 1.22 bits per heavy atom. The second-order valence-electron chi connectivity index (χ2n) is 7.98. The van der Waals surface area contributed by atoms with E-state index in [4.69, 9.17) is 14.5 Å². The van der Waals surface area contributed by atoms with Crippen molar-refractivity contribution in [1.29, 1.82) is 0 Å². The molecule has 2 aliphatic heterocycles. The summed E-state index contributed by atoms with van der Waals surface area (Å²) in [6.07, 6.45) is 1.51. The van der Waals surface area contributed by atoms with Crippen molar-refractivity contribution in [2.45, 2.75) is 38.8 Å². The molecular weight excluding hydrogens is 521 g/mol. The first-order valence-electron chi connectivity index (χ1n) is 11.4. The standard InChI is InChI=1S/C23H37N5O3.HI/c1-4-22(29)28-11-10-19(17-28)26-23(24-5-2)25-16-21(27-12-14-31-15-13-27)18-6-8-20(30-3)9-7-18;/h6-9,19,21H,4-5,10-17H2,1-3H3,(H2,24,25,26);1H. The summed E-state index contributed by atoms with van der Waals surface area (Å²) in [7, 11) is 1.69. The molecule has 0 aliphatic carbocycles. The van der Waals surface area contributed by atoms with Crippen molar-refractivity contribution >= 4 is 35.8 Å². The van der Waals surface area contributed by atoms with E-state index in [1.807, 2.05) is 24.0 Å². The maximum absolute atomic E-state index is 12.0. The molecule has 0 aromatic heterocycles. The van der Waals surface area contributed by atoms with Crippen LogP contribution in [0.3, 0.4) is 0 Å². The third-order valence-electron chi connectivity index (χ3n) is 5.94. The molecule has 0 spiro atoms. The van der Waals surface area contributed by atoms with Gasteiger partial charge in [-0.3, -0.25) is 14.7 Å². The lowest BCUT2D eigenvalue weighted by Crippen LogP contribution is -2.46. The Morgan fingerprint density at radius 3 is 2.56 bits per heavy atom. The number of nitrogens with one attached hydrogen (secondary N) is 2. The van der Waals surface area contributed by atoms with Crippen LogP contribution in [0.2, 0.25) is 0 Å². The van der Waals surface area contributed by atoms with Gasteiger partial charge in [0, 0.05) is 45.2 Å². The molecule has 0 bridgehead atoms. The number of benzene rings is 1. The molecule has 32 heavy (non-hydrogen) atoms. The first-order chi connectivity index (χ1) is 15.1. The molecule has 0 radical (unpaired) electrons. The van der Waals surface area contributed by atoms with E-state index in [0.29, 0.717) is 13.0 Å². The zero-order valence-electron chi connectivity index (χ0n) is 19.5. The molecule has 3 rings (SSSR count). The van der Waals surface area contributed by atoms with Crippen LogP contribution in [0.15, 0.2) is 29.3 Å². The summed E-state index contributed by atoms with van der Waals surface area (Å²) < 4.78 is 10.9. The Kier molecular flexibility index (Phi) is 11.5. The number of aliphatic imine (C=N–C) groups is 1. The number of ether oxygens (including phenoxy) is 2. The number of guanidine groups is 1. The molecule has 2 fully saturated rings. The van der Waals surface area contributed by atoms with Crippen LogP contribution in [-0.2, 0) is 9.53 Å². The van der Waals surface area contributed by atoms with E-state index in [0.717, 1.165) is 64.1 Å². The van der Waals surface area contributed by atoms with E-state index in [-0.39, 0.29) is 42.0 Å². The minimum atomic E-state index is 0. The number of halogens is 1. The first kappa shape index (κ1) is 26.7. The van der Waals surface area contributed by atoms with Gasteiger partial charge in [0.25, 0.3) is 0 Å². The second kappa shape index (κ2) is 13.8. The predicted octanol–water partition coefficient (Wildman–Crippen LogP) is 2.25. The van der Waals surface area contributed by atoms with Gasteiger partial charge in [0.2, 0.25) is 5.91 Å². The van der Waals surface area contributed by atoms with Crippen LogP contribution < -0.4 is 15.4 Å². The molecule has 2 saturated heterocycles. The van der Waals surface area contributed by atoms with Gasteiger partial charge in [0.05, 0.1) is 32.9 Å². The van der Waals surface area contributed by atoms with Crippen molar-refractivity contribution in [2.75, 3.05) is 59.6 Å². The second-order valence-corrected chi connectivity index (χ2v) is 7.98. The van der Waals surface area contributed by atoms with E-state index in [1.54, 1.807) is 7.11 Å². The molecule has 1 aromatic rings. The third kappa shape index (κ3) is 7.48. The quantitative estimate of drug-likeness (QED) is 0.289. The molecule has 1 amide bonds. The van der Waals surface area contributed by atoms with Crippen LogP contribution in [0.5, 0.6) is 5.75 Å². The number of hydrogen-bond acceptors (Lipinski definition) is 5. The molecule has 2 N–H and O–H groups in total. The van der Waals surface area contributed by atoms with Crippen LogP contribution in [0, 0.1) is 0 Å². The third-order valence-corrected chi connectivity index (χ3v) is 5.94. The van der Waals surface area contributed by atoms with Gasteiger partial charge in [-0.15, -0.1) is 24.0 Å². The van der Waals surface area contributed by atoms with Crippen molar-refractivity contribution in [2.24, 2.45) is 4.99 Å². The number of hydrogen-bond donors (Lipinski definition) is 2. The average Bonchev–Trinajstić information content (AvgIpc) is 3.28. The van der Waals surface area contributed by atoms with Crippen LogP contribution in [-0.4, -0.2) is 87.3 Å². The van der Waals surface area contributed by atoms with Gasteiger partial charge in [-0.2, -0.15) is 0 Å². The summed E-state index contributed by atoms with van der Waals surface area (Å²) in [6.45, 7) is 10.3. The van der Waals surface area contributed by atoms with Crippen molar-refractivity contribution in [3.8, 4) is 5.75 Å². The summed E-state index contributed by atoms with van der Waals surface area (Å²) in [6, 6.07) is 8.67. The molecule has 2 atom stereocenters. The molecule has 2 heterocycles. The van der Waals surface area contributed by atoms with Gasteiger partial charge in [0.15, 0.2) is 5.96 Å². The molecule has 0 saturated carbocycles. The van der Waals surface area contributed by atoms with Crippen LogP contribution >= 0.6 is 24.0 Å². The van der Waals surface area contributed by atoms with Gasteiger partial charge in [-0.05, 0) is 31.0 Å². The summed E-state index contributed by atoms with van der Waals surface area (Å²) in [5.74, 6) is 1.89. The Morgan fingerprint density at radius 2 is 1.94 bits per heavy atom. The molecule has 8 nitrogen and oxygen atoms in total. The summed E-state index contributed by atoms with van der Waals surface area (Å²) in [5, 5.41) is 6.90. The van der Waals surface area contributed by atoms with Gasteiger partial charge in [-0.25, -0.2) is 0 Å². The van der Waals surface area contributed by atoms with Crippen LogP contribution in [0.25, 0.3) is 0 Å². The van der Waals surface area contributed by atoms with Gasteiger partial charge >= 0.3 is 0 Å². The lowest BCUT2D eigenvalue weighted by atomic mass is 10.0. The first-order valence-corrected chi connectivity index (χ1v) is 11.4. The van der Waals surface area contributed by atoms with Gasteiger partial charge < -0.3 is 25.0 Å². The highest BCUT2D eigenvalue weighted by molar-refractivity contribution is 14.0. The molecule has 2 aliphatic rings. The summed E-state index contributed by atoms with van der Waals surface area (Å²) in [4.78, 5) is 21.3. The Balaban J connectivity index is 0.00000363. The number of morpholine rings is 1. The summed E-state index contributed by atoms with van der Waals surface area (Å²) in [5.41, 5.74) is 1.22. The van der Waals surface area contributed by atoms with E-state index in [9.17, 15) is 4.79 Å². The molecule has 1 aromatic carbocycles. The van der Waals surface area contributed by atoms with Crippen molar-refractivity contribution in [3.63, 3.8) is 0 Å². The zero-order chi connectivity index (χ0) is 22.1. The Hall–Kier alpha value is -1.59. The fourth-order valence-corrected chi connectivity index (χ4v) is 4.17.